The number of aromatic nitrogens is 2. The van der Waals surface area contributed by atoms with Gasteiger partial charge in [-0.3, -0.25) is 0 Å². The van der Waals surface area contributed by atoms with E-state index in [9.17, 15) is 18.4 Å². The summed E-state index contributed by atoms with van der Waals surface area (Å²) in [5, 5.41) is 13.7. The number of nitrogens with two attached hydrogens (primary N) is 1. The lowest BCUT2D eigenvalue weighted by atomic mass is 10.0. The van der Waals surface area contributed by atoms with Crippen molar-refractivity contribution < 1.29 is 13.2 Å². The van der Waals surface area contributed by atoms with E-state index in [4.69, 9.17) is 5.73 Å². The summed E-state index contributed by atoms with van der Waals surface area (Å²) in [6, 6.07) is 13.9. The van der Waals surface area contributed by atoms with E-state index in [1.165, 1.54) is 16.8 Å². The van der Waals surface area contributed by atoms with Crippen molar-refractivity contribution in [2.45, 2.75) is 13.1 Å². The Balaban J connectivity index is 2.19. The summed E-state index contributed by atoms with van der Waals surface area (Å²) < 4.78 is 40.2. The van der Waals surface area contributed by atoms with E-state index in [-0.39, 0.29) is 22.6 Å². The minimum Gasteiger partial charge on any atom is -0.382 e. The van der Waals surface area contributed by atoms with Crippen LogP contribution in [0, 0.1) is 18.3 Å². The summed E-state index contributed by atoms with van der Waals surface area (Å²) in [5.41, 5.74) is 7.15. The second-order valence-corrected chi connectivity index (χ2v) is 5.55. The zero-order valence-corrected chi connectivity index (χ0v) is 13.2. The minimum absolute atomic E-state index is 0.0424. The van der Waals surface area contributed by atoms with Crippen molar-refractivity contribution in [1.29, 1.82) is 5.26 Å². The van der Waals surface area contributed by atoms with Crippen LogP contribution in [-0.4, -0.2) is 9.78 Å². The summed E-state index contributed by atoms with van der Waals surface area (Å²) in [6.45, 7) is 1.89. The van der Waals surface area contributed by atoms with Crippen molar-refractivity contribution in [3.63, 3.8) is 0 Å². The van der Waals surface area contributed by atoms with Crippen LogP contribution < -0.4 is 5.73 Å². The van der Waals surface area contributed by atoms with Crippen molar-refractivity contribution in [2.24, 2.45) is 0 Å². The number of nitrogens with zero attached hydrogens (tertiary/aromatic N) is 3. The molecule has 0 aliphatic heterocycles. The van der Waals surface area contributed by atoms with E-state index < -0.39 is 11.7 Å². The normalized spacial score (nSPS) is 11.3. The lowest BCUT2D eigenvalue weighted by molar-refractivity contribution is -0.137. The summed E-state index contributed by atoms with van der Waals surface area (Å²) in [6.07, 6.45) is -4.48. The average Bonchev–Trinajstić information content (AvgIpc) is 2.91. The molecule has 0 amide bonds. The van der Waals surface area contributed by atoms with Gasteiger partial charge in [-0.2, -0.15) is 23.5 Å². The topological polar surface area (TPSA) is 67.6 Å². The maximum atomic E-state index is 12.9. The van der Waals surface area contributed by atoms with Crippen LogP contribution in [0.4, 0.5) is 19.0 Å². The Morgan fingerprint density at radius 1 is 1.12 bits per heavy atom. The molecule has 7 heteroatoms. The zero-order valence-electron chi connectivity index (χ0n) is 13.2. The van der Waals surface area contributed by atoms with Gasteiger partial charge in [-0.15, -0.1) is 0 Å². The molecule has 0 unspecified atom stereocenters. The fourth-order valence-corrected chi connectivity index (χ4v) is 2.54. The molecule has 0 atom stereocenters. The number of anilines is 1. The van der Waals surface area contributed by atoms with E-state index in [0.717, 1.165) is 17.7 Å². The third kappa shape index (κ3) is 3.06. The molecule has 25 heavy (non-hydrogen) atoms. The minimum atomic E-state index is -4.48. The third-order valence-electron chi connectivity index (χ3n) is 3.74. The van der Waals surface area contributed by atoms with Gasteiger partial charge in [-0.1, -0.05) is 24.3 Å². The SMILES string of the molecule is Cc1cccc(-n2nc(-c3cccc(C(F)(F)F)c3)c(C#N)c2N)c1. The van der Waals surface area contributed by atoms with Crippen molar-refractivity contribution in [3.05, 3.63) is 65.2 Å². The molecule has 0 saturated carbocycles. The van der Waals surface area contributed by atoms with Crippen LogP contribution in [0.25, 0.3) is 16.9 Å². The Bertz CT molecular complexity index is 981. The molecule has 0 bridgehead atoms. The fourth-order valence-electron chi connectivity index (χ4n) is 2.54. The zero-order chi connectivity index (χ0) is 18.2. The molecule has 2 N–H and O–H groups in total. The average molecular weight is 342 g/mol. The van der Waals surface area contributed by atoms with Gasteiger partial charge in [0.15, 0.2) is 0 Å². The maximum absolute atomic E-state index is 12.9. The highest BCUT2D eigenvalue weighted by Crippen LogP contribution is 2.34. The standard InChI is InChI=1S/C18H13F3N4/c1-11-4-2-7-14(8-11)25-17(23)15(10-22)16(24-25)12-5-3-6-13(9-12)18(19,20)21/h2-9H,23H2,1H3. The van der Waals surface area contributed by atoms with Crippen LogP contribution in [0.2, 0.25) is 0 Å². The smallest absolute Gasteiger partial charge is 0.382 e. The van der Waals surface area contributed by atoms with Gasteiger partial charge < -0.3 is 5.73 Å². The van der Waals surface area contributed by atoms with Crippen molar-refractivity contribution in [3.8, 4) is 23.0 Å². The number of alkyl halides is 3. The van der Waals surface area contributed by atoms with Gasteiger partial charge in [-0.05, 0) is 36.8 Å². The molecule has 0 aliphatic carbocycles. The van der Waals surface area contributed by atoms with E-state index in [1.807, 2.05) is 31.2 Å². The van der Waals surface area contributed by atoms with Crippen LogP contribution in [0.15, 0.2) is 48.5 Å². The number of halogens is 3. The molecule has 0 fully saturated rings. The van der Waals surface area contributed by atoms with E-state index >= 15 is 0 Å². The predicted molar refractivity (Wildman–Crippen MR) is 87.9 cm³/mol. The number of benzene rings is 2. The van der Waals surface area contributed by atoms with Crippen LogP contribution in [0.1, 0.15) is 16.7 Å². The highest BCUT2D eigenvalue weighted by Gasteiger charge is 2.31. The second kappa shape index (κ2) is 5.98. The molecule has 1 aromatic heterocycles. The molecule has 4 nitrogen and oxygen atoms in total. The molecule has 3 rings (SSSR count). The molecular formula is C18H13F3N4. The summed E-state index contributed by atoms with van der Waals surface area (Å²) in [7, 11) is 0. The molecule has 0 saturated heterocycles. The second-order valence-electron chi connectivity index (χ2n) is 5.55. The quantitative estimate of drug-likeness (QED) is 0.754. The first-order valence-corrected chi connectivity index (χ1v) is 7.34. The Hall–Kier alpha value is -3.27. The van der Waals surface area contributed by atoms with Crippen molar-refractivity contribution in [2.75, 3.05) is 5.73 Å². The van der Waals surface area contributed by atoms with Gasteiger partial charge in [0.2, 0.25) is 0 Å². The Kier molecular flexibility index (Phi) is 3.97. The van der Waals surface area contributed by atoms with Gasteiger partial charge in [0, 0.05) is 5.56 Å². The molecule has 2 aromatic carbocycles. The van der Waals surface area contributed by atoms with Crippen LogP contribution >= 0.6 is 0 Å². The van der Waals surface area contributed by atoms with E-state index in [1.54, 1.807) is 6.07 Å². The van der Waals surface area contributed by atoms with Crippen LogP contribution in [0.3, 0.4) is 0 Å². The molecule has 1 heterocycles. The summed E-state index contributed by atoms with van der Waals surface area (Å²) in [5.74, 6) is 0.0838. The lowest BCUT2D eigenvalue weighted by Crippen LogP contribution is -2.04. The first kappa shape index (κ1) is 16.6. The van der Waals surface area contributed by atoms with Crippen LogP contribution in [-0.2, 0) is 6.18 Å². The largest absolute Gasteiger partial charge is 0.416 e. The van der Waals surface area contributed by atoms with E-state index in [0.29, 0.717) is 5.69 Å². The molecule has 0 aliphatic rings. The summed E-state index contributed by atoms with van der Waals surface area (Å²) in [4.78, 5) is 0. The van der Waals surface area contributed by atoms with Gasteiger partial charge in [0.1, 0.15) is 23.1 Å². The highest BCUT2D eigenvalue weighted by atomic mass is 19.4. The summed E-state index contributed by atoms with van der Waals surface area (Å²) >= 11 is 0. The lowest BCUT2D eigenvalue weighted by Gasteiger charge is -2.07. The highest BCUT2D eigenvalue weighted by molar-refractivity contribution is 5.74. The van der Waals surface area contributed by atoms with Crippen molar-refractivity contribution in [1.82, 2.24) is 9.78 Å². The van der Waals surface area contributed by atoms with Gasteiger partial charge >= 0.3 is 6.18 Å². The first-order valence-electron chi connectivity index (χ1n) is 7.34. The molecular weight excluding hydrogens is 329 g/mol. The first-order chi connectivity index (χ1) is 11.8. The number of nitriles is 1. The predicted octanol–water partition coefficient (Wildman–Crippen LogP) is 4.32. The van der Waals surface area contributed by atoms with Gasteiger partial charge in [0.25, 0.3) is 0 Å². The Morgan fingerprint density at radius 2 is 1.84 bits per heavy atom. The van der Waals surface area contributed by atoms with Gasteiger partial charge in [-0.25, -0.2) is 4.68 Å². The molecule has 126 valence electrons. The maximum Gasteiger partial charge on any atom is 0.416 e. The molecule has 0 spiro atoms. The van der Waals surface area contributed by atoms with Crippen molar-refractivity contribution >= 4 is 5.82 Å². The van der Waals surface area contributed by atoms with Gasteiger partial charge in [0.05, 0.1) is 11.3 Å². The number of aryl methyl sites for hydroxylation is 1. The molecule has 0 radical (unpaired) electrons. The van der Waals surface area contributed by atoms with E-state index in [2.05, 4.69) is 5.10 Å². The van der Waals surface area contributed by atoms with Crippen LogP contribution in [0.5, 0.6) is 0 Å². The fraction of sp³-hybridized carbons (Fsp3) is 0.111. The number of hydrogen-bond donors (Lipinski definition) is 1. The Labute approximate surface area is 141 Å². The number of nitrogen functional groups attached to an aromatic ring is 1. The number of hydrogen-bond acceptors (Lipinski definition) is 3. The molecule has 3 aromatic rings. The Morgan fingerprint density at radius 3 is 2.48 bits per heavy atom. The third-order valence-corrected chi connectivity index (χ3v) is 3.74. The number of rotatable bonds is 2. The monoisotopic (exact) mass is 342 g/mol.